The molecular weight excluding hydrogens is 376 g/mol. The Morgan fingerprint density at radius 2 is 1.78 bits per heavy atom. The Morgan fingerprint density at radius 3 is 2.33 bits per heavy atom. The van der Waals surface area contributed by atoms with E-state index in [2.05, 4.69) is 53.7 Å². The Hall–Kier alpha value is -0.220. The molecular formula is C23H37ClO2S. The number of alkyl halides is 1. The molecule has 27 heavy (non-hydrogen) atoms. The molecule has 1 aromatic carbocycles. The van der Waals surface area contributed by atoms with Gasteiger partial charge in [-0.2, -0.15) is 0 Å². The first-order valence-corrected chi connectivity index (χ1v) is 11.9. The van der Waals surface area contributed by atoms with Crippen LogP contribution in [0.2, 0.25) is 0 Å². The molecule has 1 unspecified atom stereocenters. The lowest BCUT2D eigenvalue weighted by Gasteiger charge is -2.43. The van der Waals surface area contributed by atoms with Crippen molar-refractivity contribution in [3.05, 3.63) is 28.8 Å². The van der Waals surface area contributed by atoms with Crippen molar-refractivity contribution in [2.45, 2.75) is 77.9 Å². The van der Waals surface area contributed by atoms with E-state index in [1.165, 1.54) is 47.5 Å². The van der Waals surface area contributed by atoms with Gasteiger partial charge in [0.15, 0.2) is 0 Å². The van der Waals surface area contributed by atoms with E-state index >= 15 is 0 Å². The number of rotatable bonds is 9. The predicted molar refractivity (Wildman–Crippen MR) is 118 cm³/mol. The molecule has 1 aliphatic rings. The highest BCUT2D eigenvalue weighted by molar-refractivity contribution is 7.99. The fraction of sp³-hybridized carbons (Fsp3) is 0.739. The second kappa shape index (κ2) is 10.0. The van der Waals surface area contributed by atoms with Gasteiger partial charge in [0.25, 0.3) is 0 Å². The van der Waals surface area contributed by atoms with Crippen LogP contribution in [0.5, 0.6) is 0 Å². The molecule has 2 rings (SSSR count). The van der Waals surface area contributed by atoms with Crippen LogP contribution >= 0.6 is 23.4 Å². The van der Waals surface area contributed by atoms with Crippen molar-refractivity contribution in [1.29, 1.82) is 0 Å². The zero-order valence-corrected chi connectivity index (χ0v) is 19.6. The second-order valence-electron chi connectivity index (χ2n) is 8.79. The van der Waals surface area contributed by atoms with Gasteiger partial charge in [-0.05, 0) is 49.4 Å². The van der Waals surface area contributed by atoms with Crippen molar-refractivity contribution >= 4 is 23.4 Å². The third kappa shape index (κ3) is 5.88. The van der Waals surface area contributed by atoms with Crippen molar-refractivity contribution in [2.75, 3.05) is 24.8 Å². The van der Waals surface area contributed by atoms with E-state index in [9.17, 15) is 0 Å². The highest BCUT2D eigenvalue weighted by Crippen LogP contribution is 2.41. The average Bonchev–Trinajstić information content (AvgIpc) is 2.65. The summed E-state index contributed by atoms with van der Waals surface area (Å²) in [5, 5.41) is 0. The Balaban J connectivity index is 2.16. The minimum Gasteiger partial charge on any atom is -0.344 e. The molecule has 1 aromatic rings. The zero-order valence-electron chi connectivity index (χ0n) is 18.0. The number of ether oxygens (including phenoxy) is 2. The molecule has 1 atom stereocenters. The fourth-order valence-corrected chi connectivity index (χ4v) is 5.14. The standard InChI is InChI=1S/C23H37ClO2S/c1-7-9-10-19(8-2)13-27-21-12-17(3)20(11-18(21)4)23(14-24)25-15-22(5,6)16-26-23/h11-12,19H,7-10,13-16H2,1-6H3. The lowest BCUT2D eigenvalue weighted by Crippen LogP contribution is -2.47. The molecule has 1 aliphatic heterocycles. The van der Waals surface area contributed by atoms with Gasteiger partial charge in [-0.3, -0.25) is 0 Å². The number of hydrogen-bond donors (Lipinski definition) is 0. The molecule has 0 spiro atoms. The maximum Gasteiger partial charge on any atom is 0.209 e. The SMILES string of the molecule is CCCCC(CC)CSc1cc(C)c(C2(CCl)OCC(C)(C)CO2)cc1C. The molecule has 0 bridgehead atoms. The topological polar surface area (TPSA) is 18.5 Å². The maximum absolute atomic E-state index is 6.34. The highest BCUT2D eigenvalue weighted by atomic mass is 35.5. The molecule has 0 saturated carbocycles. The Labute approximate surface area is 175 Å². The van der Waals surface area contributed by atoms with Crippen molar-refractivity contribution in [3.8, 4) is 0 Å². The molecule has 0 aliphatic carbocycles. The van der Waals surface area contributed by atoms with Gasteiger partial charge in [-0.15, -0.1) is 23.4 Å². The van der Waals surface area contributed by atoms with Gasteiger partial charge in [0.2, 0.25) is 5.79 Å². The minimum absolute atomic E-state index is 0.0297. The number of unbranched alkanes of at least 4 members (excludes halogenated alkanes) is 1. The van der Waals surface area contributed by atoms with Gasteiger partial charge in [-0.1, -0.05) is 47.0 Å². The van der Waals surface area contributed by atoms with Gasteiger partial charge in [0.1, 0.15) is 0 Å². The molecule has 154 valence electrons. The molecule has 0 amide bonds. The van der Waals surface area contributed by atoms with Crippen molar-refractivity contribution < 1.29 is 9.47 Å². The van der Waals surface area contributed by atoms with Crippen LogP contribution in [0.15, 0.2) is 17.0 Å². The smallest absolute Gasteiger partial charge is 0.209 e. The summed E-state index contributed by atoms with van der Waals surface area (Å²) >= 11 is 8.33. The molecule has 4 heteroatoms. The van der Waals surface area contributed by atoms with Crippen LogP contribution in [0, 0.1) is 25.2 Å². The fourth-order valence-electron chi connectivity index (χ4n) is 3.47. The van der Waals surface area contributed by atoms with E-state index in [1.54, 1.807) is 0 Å². The van der Waals surface area contributed by atoms with Gasteiger partial charge in [0.05, 0.1) is 19.1 Å². The zero-order chi connectivity index (χ0) is 20.1. The molecule has 0 N–H and O–H groups in total. The molecule has 0 aromatic heterocycles. The van der Waals surface area contributed by atoms with Crippen LogP contribution in [-0.4, -0.2) is 24.8 Å². The molecule has 1 fully saturated rings. The number of hydrogen-bond acceptors (Lipinski definition) is 3. The van der Waals surface area contributed by atoms with Crippen LogP contribution in [0.3, 0.4) is 0 Å². The first-order chi connectivity index (χ1) is 12.8. The van der Waals surface area contributed by atoms with Gasteiger partial charge in [-0.25, -0.2) is 0 Å². The normalized spacial score (nSPS) is 19.8. The first-order valence-electron chi connectivity index (χ1n) is 10.3. The largest absolute Gasteiger partial charge is 0.344 e. The molecule has 1 saturated heterocycles. The van der Waals surface area contributed by atoms with E-state index in [-0.39, 0.29) is 5.41 Å². The van der Waals surface area contributed by atoms with Crippen LogP contribution in [0.25, 0.3) is 0 Å². The summed E-state index contributed by atoms with van der Waals surface area (Å²) in [6.07, 6.45) is 5.21. The summed E-state index contributed by atoms with van der Waals surface area (Å²) in [4.78, 5) is 1.37. The van der Waals surface area contributed by atoms with E-state index in [4.69, 9.17) is 21.1 Å². The van der Waals surface area contributed by atoms with Gasteiger partial charge in [0, 0.05) is 21.6 Å². The lowest BCUT2D eigenvalue weighted by atomic mass is 9.92. The summed E-state index contributed by atoms with van der Waals surface area (Å²) in [7, 11) is 0. The molecule has 0 radical (unpaired) electrons. The third-order valence-corrected chi connectivity index (χ3v) is 7.26. The average molecular weight is 413 g/mol. The van der Waals surface area contributed by atoms with Crippen LogP contribution in [-0.2, 0) is 15.3 Å². The minimum atomic E-state index is -0.817. The van der Waals surface area contributed by atoms with Crippen molar-refractivity contribution in [3.63, 3.8) is 0 Å². The van der Waals surface area contributed by atoms with Gasteiger partial charge >= 0.3 is 0 Å². The van der Waals surface area contributed by atoms with Crippen LogP contribution < -0.4 is 0 Å². The Bertz CT molecular complexity index is 605. The van der Waals surface area contributed by atoms with E-state index < -0.39 is 5.79 Å². The van der Waals surface area contributed by atoms with Crippen molar-refractivity contribution in [1.82, 2.24) is 0 Å². The quantitative estimate of drug-likeness (QED) is 0.319. The highest BCUT2D eigenvalue weighted by Gasteiger charge is 2.42. The van der Waals surface area contributed by atoms with E-state index in [0.29, 0.717) is 19.1 Å². The Morgan fingerprint density at radius 1 is 1.11 bits per heavy atom. The lowest BCUT2D eigenvalue weighted by molar-refractivity contribution is -0.296. The number of halogens is 1. The monoisotopic (exact) mass is 412 g/mol. The van der Waals surface area contributed by atoms with E-state index in [0.717, 1.165) is 11.5 Å². The Kier molecular flexibility index (Phi) is 8.54. The summed E-state index contributed by atoms with van der Waals surface area (Å²) in [5.41, 5.74) is 3.59. The summed E-state index contributed by atoms with van der Waals surface area (Å²) in [6, 6.07) is 4.52. The number of aryl methyl sites for hydroxylation is 2. The van der Waals surface area contributed by atoms with Crippen molar-refractivity contribution in [2.24, 2.45) is 11.3 Å². The summed E-state index contributed by atoms with van der Waals surface area (Å²) in [5.74, 6) is 1.49. The number of benzene rings is 1. The van der Waals surface area contributed by atoms with Gasteiger partial charge < -0.3 is 9.47 Å². The van der Waals surface area contributed by atoms with Crippen LogP contribution in [0.1, 0.15) is 70.1 Å². The molecule has 2 nitrogen and oxygen atoms in total. The summed E-state index contributed by atoms with van der Waals surface area (Å²) in [6.45, 7) is 14.5. The number of thioether (sulfide) groups is 1. The second-order valence-corrected chi connectivity index (χ2v) is 10.1. The predicted octanol–water partition coefficient (Wildman–Crippen LogP) is 7.08. The third-order valence-electron chi connectivity index (χ3n) is 5.52. The van der Waals surface area contributed by atoms with E-state index in [1.807, 2.05) is 11.8 Å². The van der Waals surface area contributed by atoms with Crippen LogP contribution in [0.4, 0.5) is 0 Å². The summed E-state index contributed by atoms with van der Waals surface area (Å²) < 4.78 is 12.4. The molecule has 1 heterocycles. The maximum atomic E-state index is 6.34. The first kappa shape index (κ1) is 23.1.